The van der Waals surface area contributed by atoms with E-state index in [-0.39, 0.29) is 0 Å². The number of aliphatic hydroxyl groups is 1. The maximum Gasteiger partial charge on any atom is 0.137 e. The highest BCUT2D eigenvalue weighted by atomic mass is 16.3. The van der Waals surface area contributed by atoms with Crippen molar-refractivity contribution in [3.05, 3.63) is 71.4 Å². The number of likely N-dealkylation sites (tertiary alicyclic amines) is 1. The minimum absolute atomic E-state index is 0.482. The van der Waals surface area contributed by atoms with Crippen LogP contribution in [0.3, 0.4) is 0 Å². The van der Waals surface area contributed by atoms with Crippen molar-refractivity contribution in [1.82, 2.24) is 14.7 Å². The van der Waals surface area contributed by atoms with Gasteiger partial charge in [0.15, 0.2) is 0 Å². The molecule has 0 aliphatic carbocycles. The molecule has 2 N–H and O–H groups in total. The molecule has 1 saturated heterocycles. The zero-order chi connectivity index (χ0) is 20.5. The zero-order valence-corrected chi connectivity index (χ0v) is 17.4. The summed E-state index contributed by atoms with van der Waals surface area (Å²) in [5.74, 6) is 0.993. The Kier molecular flexibility index (Phi) is 5.15. The Hall–Kier alpha value is -2.89. The number of aliphatic hydroxyl groups excluding tert-OH is 1. The van der Waals surface area contributed by atoms with Crippen molar-refractivity contribution in [2.24, 2.45) is 0 Å². The molecule has 2 aliphatic rings. The van der Waals surface area contributed by atoms with Gasteiger partial charge in [-0.25, -0.2) is 4.68 Å². The van der Waals surface area contributed by atoms with Crippen molar-refractivity contribution in [2.45, 2.75) is 32.4 Å². The summed E-state index contributed by atoms with van der Waals surface area (Å²) in [5.41, 5.74) is 6.85. The fourth-order valence-electron chi connectivity index (χ4n) is 4.39. The molecular weight excluding hydrogens is 372 g/mol. The lowest BCUT2D eigenvalue weighted by atomic mass is 10.0. The number of nitrogens with zero attached hydrogens (tertiary/aromatic N) is 3. The molecule has 30 heavy (non-hydrogen) atoms. The summed E-state index contributed by atoms with van der Waals surface area (Å²) in [6.07, 6.45) is 6.18. The molecule has 1 atom stereocenters. The quantitative estimate of drug-likeness (QED) is 0.656. The Morgan fingerprint density at radius 3 is 2.63 bits per heavy atom. The molecule has 1 aromatic heterocycles. The van der Waals surface area contributed by atoms with Crippen LogP contribution in [-0.2, 0) is 6.54 Å². The molecule has 2 aliphatic heterocycles. The normalized spacial score (nSPS) is 17.3. The lowest BCUT2D eigenvalue weighted by molar-refractivity contribution is 0.199. The standard InChI is InChI=1S/C25H28N4O/c1-18(30)21-5-4-6-22(13-21)24-15-27-29-17-23(14-26-25(24)29)20-9-7-19(8-10-20)16-28-11-2-3-12-28/h4-10,13,15,17-18,26,30H,2-3,11-12,14,16H2,1H3. The maximum absolute atomic E-state index is 9.90. The monoisotopic (exact) mass is 400 g/mol. The van der Waals surface area contributed by atoms with Crippen LogP contribution < -0.4 is 5.32 Å². The molecule has 1 unspecified atom stereocenters. The summed E-state index contributed by atoms with van der Waals surface area (Å²) in [4.78, 5) is 2.53. The molecule has 3 aromatic rings. The molecule has 5 heteroatoms. The van der Waals surface area contributed by atoms with Crippen molar-refractivity contribution in [3.8, 4) is 11.1 Å². The predicted molar refractivity (Wildman–Crippen MR) is 122 cm³/mol. The van der Waals surface area contributed by atoms with Gasteiger partial charge in [-0.05, 0) is 66.7 Å². The number of hydrogen-bond acceptors (Lipinski definition) is 4. The highest BCUT2D eigenvalue weighted by Crippen LogP contribution is 2.33. The third-order valence-corrected chi connectivity index (χ3v) is 6.13. The Labute approximate surface area is 177 Å². The summed E-state index contributed by atoms with van der Waals surface area (Å²) in [6.45, 7) is 6.05. The van der Waals surface area contributed by atoms with Gasteiger partial charge in [-0.1, -0.05) is 42.5 Å². The topological polar surface area (TPSA) is 53.3 Å². The third-order valence-electron chi connectivity index (χ3n) is 6.13. The van der Waals surface area contributed by atoms with Crippen molar-refractivity contribution in [2.75, 3.05) is 25.0 Å². The van der Waals surface area contributed by atoms with Crippen LogP contribution in [0, 0.1) is 0 Å². The van der Waals surface area contributed by atoms with E-state index >= 15 is 0 Å². The molecule has 5 nitrogen and oxygen atoms in total. The fraction of sp³-hybridized carbons (Fsp3) is 0.320. The first-order chi connectivity index (χ1) is 14.7. The van der Waals surface area contributed by atoms with Crippen LogP contribution in [0.25, 0.3) is 22.9 Å². The number of rotatable bonds is 5. The second kappa shape index (κ2) is 8.09. The van der Waals surface area contributed by atoms with Gasteiger partial charge in [0.1, 0.15) is 5.82 Å². The van der Waals surface area contributed by atoms with E-state index in [9.17, 15) is 5.11 Å². The average Bonchev–Trinajstić information content (AvgIpc) is 3.43. The van der Waals surface area contributed by atoms with Crippen LogP contribution in [0.1, 0.15) is 42.6 Å². The third kappa shape index (κ3) is 3.78. The molecule has 1 fully saturated rings. The average molecular weight is 401 g/mol. The van der Waals surface area contributed by atoms with E-state index in [0.29, 0.717) is 0 Å². The van der Waals surface area contributed by atoms with Gasteiger partial charge in [-0.15, -0.1) is 0 Å². The highest BCUT2D eigenvalue weighted by Gasteiger charge is 2.18. The molecule has 2 aromatic carbocycles. The van der Waals surface area contributed by atoms with E-state index in [2.05, 4.69) is 51.8 Å². The molecule has 0 radical (unpaired) electrons. The van der Waals surface area contributed by atoms with Crippen LogP contribution in [0.5, 0.6) is 0 Å². The first-order valence-corrected chi connectivity index (χ1v) is 10.8. The van der Waals surface area contributed by atoms with Crippen molar-refractivity contribution in [1.29, 1.82) is 0 Å². The van der Waals surface area contributed by atoms with E-state index in [4.69, 9.17) is 0 Å². The van der Waals surface area contributed by atoms with Gasteiger partial charge in [-0.3, -0.25) is 4.90 Å². The Balaban J connectivity index is 1.37. The first-order valence-electron chi connectivity index (χ1n) is 10.8. The summed E-state index contributed by atoms with van der Waals surface area (Å²) in [6, 6.07) is 17.0. The molecule has 0 spiro atoms. The molecule has 3 heterocycles. The smallest absolute Gasteiger partial charge is 0.137 e. The number of nitrogens with one attached hydrogen (secondary N) is 1. The van der Waals surface area contributed by atoms with Crippen LogP contribution in [0.4, 0.5) is 5.82 Å². The van der Waals surface area contributed by atoms with E-state index in [0.717, 1.165) is 35.6 Å². The minimum atomic E-state index is -0.482. The van der Waals surface area contributed by atoms with Gasteiger partial charge >= 0.3 is 0 Å². The van der Waals surface area contributed by atoms with Crippen molar-refractivity contribution < 1.29 is 5.11 Å². The van der Waals surface area contributed by atoms with E-state index < -0.39 is 6.10 Å². The number of hydrogen-bond donors (Lipinski definition) is 2. The van der Waals surface area contributed by atoms with Crippen LogP contribution in [-0.4, -0.2) is 39.4 Å². The number of anilines is 1. The lowest BCUT2D eigenvalue weighted by Crippen LogP contribution is -2.18. The van der Waals surface area contributed by atoms with Crippen molar-refractivity contribution in [3.63, 3.8) is 0 Å². The van der Waals surface area contributed by atoms with Gasteiger partial charge in [0.25, 0.3) is 0 Å². The highest BCUT2D eigenvalue weighted by molar-refractivity contribution is 5.86. The predicted octanol–water partition coefficient (Wildman–Crippen LogP) is 4.62. The van der Waals surface area contributed by atoms with Crippen LogP contribution in [0.2, 0.25) is 0 Å². The maximum atomic E-state index is 9.90. The Bertz CT molecular complexity index is 1060. The van der Waals surface area contributed by atoms with Gasteiger partial charge in [-0.2, -0.15) is 5.10 Å². The van der Waals surface area contributed by atoms with Crippen LogP contribution in [0.15, 0.2) is 54.7 Å². The molecular formula is C25H28N4O. The van der Waals surface area contributed by atoms with Gasteiger partial charge in [0.05, 0.1) is 12.3 Å². The zero-order valence-electron chi connectivity index (χ0n) is 17.4. The van der Waals surface area contributed by atoms with Gasteiger partial charge < -0.3 is 10.4 Å². The van der Waals surface area contributed by atoms with Crippen molar-refractivity contribution >= 4 is 17.6 Å². The number of fused-ring (bicyclic) bond motifs is 1. The van der Waals surface area contributed by atoms with Crippen LogP contribution >= 0.6 is 0 Å². The lowest BCUT2D eigenvalue weighted by Gasteiger charge is -2.19. The largest absolute Gasteiger partial charge is 0.389 e. The molecule has 0 bridgehead atoms. The van der Waals surface area contributed by atoms with Gasteiger partial charge in [0.2, 0.25) is 0 Å². The molecule has 154 valence electrons. The summed E-state index contributed by atoms with van der Waals surface area (Å²) < 4.78 is 1.92. The minimum Gasteiger partial charge on any atom is -0.389 e. The van der Waals surface area contributed by atoms with E-state index in [1.807, 2.05) is 29.1 Å². The number of aromatic nitrogens is 2. The summed E-state index contributed by atoms with van der Waals surface area (Å²) in [5, 5.41) is 18.0. The SMILES string of the molecule is CC(O)c1cccc(-c2cnn3c2NCC(c2ccc(CN4CCCC4)cc2)=C3)c1. The Morgan fingerprint density at radius 1 is 1.07 bits per heavy atom. The second-order valence-electron chi connectivity index (χ2n) is 8.34. The Morgan fingerprint density at radius 2 is 1.87 bits per heavy atom. The molecule has 0 saturated carbocycles. The van der Waals surface area contributed by atoms with E-state index in [1.165, 1.54) is 42.6 Å². The fourth-order valence-corrected chi connectivity index (χ4v) is 4.39. The second-order valence-corrected chi connectivity index (χ2v) is 8.34. The van der Waals surface area contributed by atoms with Gasteiger partial charge in [0, 0.05) is 24.9 Å². The summed E-state index contributed by atoms with van der Waals surface area (Å²) in [7, 11) is 0. The molecule has 0 amide bonds. The number of benzene rings is 2. The first kappa shape index (κ1) is 19.1. The molecule has 5 rings (SSSR count). The van der Waals surface area contributed by atoms with E-state index in [1.54, 1.807) is 6.92 Å². The summed E-state index contributed by atoms with van der Waals surface area (Å²) >= 11 is 0.